The molecule has 0 fully saturated rings. The van der Waals surface area contributed by atoms with Gasteiger partial charge in [-0.3, -0.25) is 15.1 Å². The number of nitrogens with one attached hydrogen (secondary N) is 1. The molecule has 0 radical (unpaired) electrons. The topological polar surface area (TPSA) is 98.5 Å². The second-order valence-electron chi connectivity index (χ2n) is 5.24. The van der Waals surface area contributed by atoms with Crippen LogP contribution >= 0.6 is 23.1 Å². The Morgan fingerprint density at radius 1 is 1.36 bits per heavy atom. The van der Waals surface area contributed by atoms with E-state index in [0.29, 0.717) is 22.5 Å². The fourth-order valence-electron chi connectivity index (χ4n) is 2.15. The zero-order chi connectivity index (χ0) is 17.8. The van der Waals surface area contributed by atoms with Gasteiger partial charge >= 0.3 is 0 Å². The van der Waals surface area contributed by atoms with Gasteiger partial charge in [0.1, 0.15) is 5.01 Å². The molecule has 130 valence electrons. The van der Waals surface area contributed by atoms with Crippen molar-refractivity contribution in [3.63, 3.8) is 0 Å². The van der Waals surface area contributed by atoms with Gasteiger partial charge in [0.25, 0.3) is 0 Å². The van der Waals surface area contributed by atoms with Crippen LogP contribution in [0.5, 0.6) is 0 Å². The molecule has 0 aliphatic carbocycles. The molecule has 10 heteroatoms. The van der Waals surface area contributed by atoms with Gasteiger partial charge in [-0.2, -0.15) is 0 Å². The lowest BCUT2D eigenvalue weighted by molar-refractivity contribution is -0.115. The highest BCUT2D eigenvalue weighted by molar-refractivity contribution is 8.00. The van der Waals surface area contributed by atoms with Gasteiger partial charge in [0.2, 0.25) is 11.0 Å². The molecule has 25 heavy (non-hydrogen) atoms. The molecule has 3 heterocycles. The fourth-order valence-corrected chi connectivity index (χ4v) is 3.66. The number of amides is 1. The molecule has 0 saturated heterocycles. The Labute approximate surface area is 153 Å². The molecule has 1 N–H and O–H groups in total. The first kappa shape index (κ1) is 17.5. The predicted octanol–water partition coefficient (Wildman–Crippen LogP) is 2.55. The van der Waals surface area contributed by atoms with Crippen LogP contribution in [-0.4, -0.2) is 41.1 Å². The first-order valence-corrected chi connectivity index (χ1v) is 9.35. The number of aryl methyl sites for hydroxylation is 1. The van der Waals surface area contributed by atoms with E-state index in [1.165, 1.54) is 23.1 Å². The Balaban J connectivity index is 1.74. The van der Waals surface area contributed by atoms with Crippen molar-refractivity contribution in [3.05, 3.63) is 29.5 Å². The van der Waals surface area contributed by atoms with Crippen molar-refractivity contribution in [1.29, 1.82) is 0 Å². The zero-order valence-electron chi connectivity index (χ0n) is 14.0. The Morgan fingerprint density at radius 3 is 2.84 bits per heavy atom. The number of carbonyl (C=O) groups is 1. The summed E-state index contributed by atoms with van der Waals surface area (Å²) in [5, 5.41) is 20.8. The van der Waals surface area contributed by atoms with Crippen molar-refractivity contribution in [3.8, 4) is 11.4 Å². The second kappa shape index (κ2) is 7.70. The largest absolute Gasteiger partial charge is 0.305 e. The van der Waals surface area contributed by atoms with Gasteiger partial charge in [-0.15, -0.1) is 20.4 Å². The summed E-state index contributed by atoms with van der Waals surface area (Å²) in [5.41, 5.74) is 0.881. The van der Waals surface area contributed by atoms with Crippen LogP contribution in [0.25, 0.3) is 11.4 Å². The van der Waals surface area contributed by atoms with E-state index in [1.807, 2.05) is 37.6 Å². The highest BCUT2D eigenvalue weighted by atomic mass is 32.2. The summed E-state index contributed by atoms with van der Waals surface area (Å²) < 4.78 is 1.87. The Morgan fingerprint density at radius 2 is 2.20 bits per heavy atom. The van der Waals surface area contributed by atoms with E-state index >= 15 is 0 Å². The maximum Gasteiger partial charge on any atom is 0.239 e. The smallest absolute Gasteiger partial charge is 0.239 e. The number of pyridine rings is 1. The van der Waals surface area contributed by atoms with Crippen LogP contribution in [0.1, 0.15) is 18.4 Å². The van der Waals surface area contributed by atoms with E-state index in [1.54, 1.807) is 12.4 Å². The molecule has 0 aromatic carbocycles. The molecule has 3 rings (SSSR count). The average molecular weight is 375 g/mol. The molecule has 0 aliphatic heterocycles. The fraction of sp³-hybridized carbons (Fsp3) is 0.333. The third-order valence-corrected chi connectivity index (χ3v) is 5.57. The molecular formula is C15H17N7OS2. The van der Waals surface area contributed by atoms with Gasteiger partial charge in [-0.25, -0.2) is 0 Å². The van der Waals surface area contributed by atoms with Gasteiger partial charge in [0.15, 0.2) is 11.0 Å². The predicted molar refractivity (Wildman–Crippen MR) is 97.4 cm³/mol. The van der Waals surface area contributed by atoms with Crippen LogP contribution < -0.4 is 5.32 Å². The first-order chi connectivity index (χ1) is 12.1. The van der Waals surface area contributed by atoms with Crippen molar-refractivity contribution in [1.82, 2.24) is 29.9 Å². The van der Waals surface area contributed by atoms with Gasteiger partial charge in [0, 0.05) is 25.0 Å². The van der Waals surface area contributed by atoms with Crippen LogP contribution in [0.2, 0.25) is 0 Å². The van der Waals surface area contributed by atoms with E-state index < -0.39 is 0 Å². The number of aromatic nitrogens is 6. The van der Waals surface area contributed by atoms with E-state index in [2.05, 4.69) is 30.7 Å². The summed E-state index contributed by atoms with van der Waals surface area (Å²) in [5.74, 6) is 0.597. The Bertz CT molecular complexity index is 862. The molecule has 1 amide bonds. The van der Waals surface area contributed by atoms with E-state index in [4.69, 9.17) is 0 Å². The number of rotatable bonds is 6. The number of hydrogen-bond donors (Lipinski definition) is 1. The maximum absolute atomic E-state index is 12.5. The van der Waals surface area contributed by atoms with Crippen LogP contribution in [0.3, 0.4) is 0 Å². The van der Waals surface area contributed by atoms with Crippen molar-refractivity contribution >= 4 is 34.1 Å². The second-order valence-corrected chi connectivity index (χ2v) is 7.59. The van der Waals surface area contributed by atoms with Crippen molar-refractivity contribution in [2.24, 2.45) is 7.05 Å². The van der Waals surface area contributed by atoms with Gasteiger partial charge in [-0.1, -0.05) is 30.0 Å². The van der Waals surface area contributed by atoms with E-state index in [9.17, 15) is 4.79 Å². The van der Waals surface area contributed by atoms with Crippen LogP contribution in [0.4, 0.5) is 5.13 Å². The van der Waals surface area contributed by atoms with E-state index in [-0.39, 0.29) is 11.2 Å². The summed E-state index contributed by atoms with van der Waals surface area (Å²) in [6, 6.07) is 3.77. The third kappa shape index (κ3) is 4.02. The molecule has 0 unspecified atom stereocenters. The molecule has 3 aromatic rings. The molecule has 8 nitrogen and oxygen atoms in total. The van der Waals surface area contributed by atoms with Gasteiger partial charge in [0.05, 0.1) is 5.25 Å². The van der Waals surface area contributed by atoms with Crippen LogP contribution in [-0.2, 0) is 11.8 Å². The molecular weight excluding hydrogens is 358 g/mol. The van der Waals surface area contributed by atoms with Crippen molar-refractivity contribution < 1.29 is 4.79 Å². The van der Waals surface area contributed by atoms with Crippen LogP contribution in [0, 0.1) is 6.92 Å². The Kier molecular flexibility index (Phi) is 5.39. The number of anilines is 1. The summed E-state index contributed by atoms with van der Waals surface area (Å²) in [4.78, 5) is 16.6. The number of carbonyl (C=O) groups excluding carboxylic acids is 1. The first-order valence-electron chi connectivity index (χ1n) is 7.66. The summed E-state index contributed by atoms with van der Waals surface area (Å²) in [6.45, 7) is 3.81. The monoisotopic (exact) mass is 375 g/mol. The van der Waals surface area contributed by atoms with Gasteiger partial charge in [-0.05, 0) is 25.5 Å². The summed E-state index contributed by atoms with van der Waals surface area (Å²) >= 11 is 2.73. The summed E-state index contributed by atoms with van der Waals surface area (Å²) in [6.07, 6.45) is 4.10. The summed E-state index contributed by atoms with van der Waals surface area (Å²) in [7, 11) is 1.88. The molecule has 0 saturated carbocycles. The van der Waals surface area contributed by atoms with E-state index in [0.717, 1.165) is 10.6 Å². The van der Waals surface area contributed by atoms with Crippen molar-refractivity contribution in [2.45, 2.75) is 30.7 Å². The minimum atomic E-state index is -0.297. The number of thioether (sulfide) groups is 1. The third-order valence-electron chi connectivity index (χ3n) is 3.42. The highest BCUT2D eigenvalue weighted by Crippen LogP contribution is 2.28. The zero-order valence-corrected chi connectivity index (χ0v) is 15.6. The Hall–Kier alpha value is -2.33. The molecule has 0 aliphatic rings. The normalized spacial score (nSPS) is 12.1. The minimum Gasteiger partial charge on any atom is -0.305 e. The lowest BCUT2D eigenvalue weighted by atomic mass is 10.3. The van der Waals surface area contributed by atoms with Crippen molar-refractivity contribution in [2.75, 3.05) is 5.32 Å². The maximum atomic E-state index is 12.5. The van der Waals surface area contributed by atoms with Gasteiger partial charge < -0.3 is 4.57 Å². The standard InChI is InChI=1S/C15H17N7OS2/c1-4-11(13(23)17-14-20-18-9(2)24-14)25-15-21-19-12(22(15)3)10-6-5-7-16-8-10/h5-8,11H,4H2,1-3H3,(H,17,20,23)/t11-/m0/s1. The lowest BCUT2D eigenvalue weighted by Gasteiger charge is -2.12. The highest BCUT2D eigenvalue weighted by Gasteiger charge is 2.23. The lowest BCUT2D eigenvalue weighted by Crippen LogP contribution is -2.25. The quantitative estimate of drug-likeness (QED) is 0.661. The average Bonchev–Trinajstić information content (AvgIpc) is 3.19. The minimum absolute atomic E-state index is 0.116. The number of hydrogen-bond acceptors (Lipinski definition) is 8. The molecule has 3 aromatic heterocycles. The molecule has 1 atom stereocenters. The number of nitrogens with zero attached hydrogens (tertiary/aromatic N) is 6. The molecule has 0 spiro atoms. The molecule has 0 bridgehead atoms. The SMILES string of the molecule is CC[C@H](Sc1nnc(-c2cccnc2)n1C)C(=O)Nc1nnc(C)s1. The van der Waals surface area contributed by atoms with Crippen LogP contribution in [0.15, 0.2) is 29.7 Å².